The summed E-state index contributed by atoms with van der Waals surface area (Å²) < 4.78 is 2.01. The molecule has 0 saturated carbocycles. The third-order valence-corrected chi connectivity index (χ3v) is 4.64. The molecule has 6 heteroatoms. The van der Waals surface area contributed by atoms with E-state index in [4.69, 9.17) is 4.98 Å². The summed E-state index contributed by atoms with van der Waals surface area (Å²) in [6, 6.07) is 7.88. The average Bonchev–Trinajstić information content (AvgIpc) is 3.07. The molecule has 29 heavy (non-hydrogen) atoms. The number of rotatable bonds is 13. The monoisotopic (exact) mass is 394 g/mol. The van der Waals surface area contributed by atoms with Crippen molar-refractivity contribution in [2.24, 2.45) is 0 Å². The number of hydrogen-bond donors (Lipinski definition) is 1. The number of carbonyl (C=O) groups is 2. The van der Waals surface area contributed by atoms with Crippen LogP contribution < -0.4 is 5.32 Å². The Morgan fingerprint density at radius 3 is 2.48 bits per heavy atom. The first-order valence-electron chi connectivity index (χ1n) is 9.94. The maximum Gasteiger partial charge on any atom is 0.243 e. The Morgan fingerprint density at radius 2 is 1.79 bits per heavy atom. The number of carbonyl (C=O) groups excluding carboxylic acids is 2. The first-order valence-corrected chi connectivity index (χ1v) is 9.94. The molecule has 1 N–H and O–H groups in total. The van der Waals surface area contributed by atoms with Gasteiger partial charge in [-0.3, -0.25) is 9.59 Å². The van der Waals surface area contributed by atoms with Crippen LogP contribution >= 0.6 is 0 Å². The highest BCUT2D eigenvalue weighted by Crippen LogP contribution is 2.18. The number of amides is 2. The van der Waals surface area contributed by atoms with Gasteiger partial charge in [0.15, 0.2) is 0 Å². The molecule has 2 rings (SSSR count). The number of nitrogens with zero attached hydrogens (tertiary/aromatic N) is 3. The van der Waals surface area contributed by atoms with Gasteiger partial charge in [-0.2, -0.15) is 0 Å². The van der Waals surface area contributed by atoms with E-state index >= 15 is 0 Å². The van der Waals surface area contributed by atoms with E-state index in [-0.39, 0.29) is 18.4 Å². The molecule has 0 aliphatic heterocycles. The number of aromatic nitrogens is 2. The number of aryl methyl sites for hydroxylation is 1. The quantitative estimate of drug-likeness (QED) is 0.322. The van der Waals surface area contributed by atoms with Crippen molar-refractivity contribution in [3.63, 3.8) is 0 Å². The van der Waals surface area contributed by atoms with Crippen LogP contribution in [0.3, 0.4) is 0 Å². The van der Waals surface area contributed by atoms with Crippen LogP contribution in [0.2, 0.25) is 0 Å². The number of para-hydroxylation sites is 2. The third kappa shape index (κ3) is 6.45. The summed E-state index contributed by atoms with van der Waals surface area (Å²) in [5.74, 6) is 0.780. The van der Waals surface area contributed by atoms with Gasteiger partial charge in [0.05, 0.1) is 11.0 Å². The summed E-state index contributed by atoms with van der Waals surface area (Å²) in [4.78, 5) is 30.5. The number of imidazole rings is 1. The number of nitrogens with one attached hydrogen (secondary N) is 1. The van der Waals surface area contributed by atoms with Crippen LogP contribution in [-0.4, -0.2) is 45.9 Å². The van der Waals surface area contributed by atoms with Gasteiger partial charge in [0.1, 0.15) is 12.4 Å². The predicted molar refractivity (Wildman–Crippen MR) is 117 cm³/mol. The van der Waals surface area contributed by atoms with Crippen LogP contribution in [0.5, 0.6) is 0 Å². The first kappa shape index (κ1) is 22.1. The molecule has 0 saturated heterocycles. The molecule has 0 aliphatic rings. The summed E-state index contributed by atoms with van der Waals surface area (Å²) in [5, 5.41) is 2.78. The van der Waals surface area contributed by atoms with Gasteiger partial charge < -0.3 is 14.8 Å². The van der Waals surface area contributed by atoms with Gasteiger partial charge in [0.25, 0.3) is 0 Å². The fourth-order valence-electron chi connectivity index (χ4n) is 3.19. The molecule has 0 bridgehead atoms. The van der Waals surface area contributed by atoms with Gasteiger partial charge >= 0.3 is 0 Å². The van der Waals surface area contributed by atoms with Crippen LogP contribution in [0.25, 0.3) is 11.0 Å². The Hall–Kier alpha value is -3.15. The van der Waals surface area contributed by atoms with Gasteiger partial charge in [-0.05, 0) is 31.1 Å². The molecule has 6 nitrogen and oxygen atoms in total. The lowest BCUT2D eigenvalue weighted by molar-refractivity contribution is -0.130. The molecular formula is C23H30N4O2. The SMILES string of the molecule is C=CCN(CC=C)C(=O)Cn1c(CCCCCNC(=O)C=C)nc2ccccc21. The number of unbranched alkanes of at least 4 members (excludes halogenated alkanes) is 2. The molecule has 2 amide bonds. The minimum atomic E-state index is -0.145. The van der Waals surface area contributed by atoms with Crippen molar-refractivity contribution < 1.29 is 9.59 Å². The van der Waals surface area contributed by atoms with Crippen molar-refractivity contribution in [3.8, 4) is 0 Å². The number of fused-ring (bicyclic) bond motifs is 1. The fraction of sp³-hybridized carbons (Fsp3) is 0.348. The van der Waals surface area contributed by atoms with Crippen LogP contribution in [0, 0.1) is 0 Å². The lowest BCUT2D eigenvalue weighted by atomic mass is 10.2. The number of hydrogen-bond acceptors (Lipinski definition) is 3. The molecule has 0 atom stereocenters. The third-order valence-electron chi connectivity index (χ3n) is 4.64. The van der Waals surface area contributed by atoms with Crippen molar-refractivity contribution in [1.29, 1.82) is 0 Å². The molecule has 0 unspecified atom stereocenters. The Bertz CT molecular complexity index is 859. The predicted octanol–water partition coefficient (Wildman–Crippen LogP) is 3.25. The van der Waals surface area contributed by atoms with Crippen LogP contribution in [0.4, 0.5) is 0 Å². The topological polar surface area (TPSA) is 67.2 Å². The normalized spacial score (nSPS) is 10.5. The molecule has 1 aromatic heterocycles. The highest BCUT2D eigenvalue weighted by atomic mass is 16.2. The molecule has 0 fully saturated rings. The summed E-state index contributed by atoms with van der Waals surface area (Å²) in [7, 11) is 0. The zero-order valence-electron chi connectivity index (χ0n) is 17.0. The molecule has 154 valence electrons. The minimum absolute atomic E-state index is 0.0151. The van der Waals surface area contributed by atoms with Crippen molar-refractivity contribution in [1.82, 2.24) is 19.8 Å². The van der Waals surface area contributed by atoms with Gasteiger partial charge in [-0.15, -0.1) is 13.2 Å². The molecule has 0 spiro atoms. The summed E-state index contributed by atoms with van der Waals surface area (Å²) in [6.45, 7) is 12.8. The lowest BCUT2D eigenvalue weighted by Gasteiger charge is -2.20. The highest BCUT2D eigenvalue weighted by Gasteiger charge is 2.16. The van der Waals surface area contributed by atoms with Crippen LogP contribution in [0.15, 0.2) is 62.2 Å². The first-order chi connectivity index (χ1) is 14.1. The van der Waals surface area contributed by atoms with E-state index in [0.29, 0.717) is 19.6 Å². The number of benzene rings is 1. The van der Waals surface area contributed by atoms with Crippen molar-refractivity contribution in [2.45, 2.75) is 32.2 Å². The van der Waals surface area contributed by atoms with Crippen molar-refractivity contribution >= 4 is 22.8 Å². The van der Waals surface area contributed by atoms with Crippen LogP contribution in [0.1, 0.15) is 25.1 Å². The van der Waals surface area contributed by atoms with E-state index in [1.165, 1.54) is 6.08 Å². The summed E-state index contributed by atoms with van der Waals surface area (Å²) >= 11 is 0. The van der Waals surface area contributed by atoms with E-state index in [1.807, 2.05) is 28.8 Å². The Labute approximate surface area is 172 Å². The zero-order chi connectivity index (χ0) is 21.1. The van der Waals surface area contributed by atoms with Crippen LogP contribution in [-0.2, 0) is 22.6 Å². The molecule has 1 aromatic carbocycles. The fourth-order valence-corrected chi connectivity index (χ4v) is 3.19. The maximum absolute atomic E-state index is 12.8. The minimum Gasteiger partial charge on any atom is -0.353 e. The zero-order valence-corrected chi connectivity index (χ0v) is 17.0. The second-order valence-corrected chi connectivity index (χ2v) is 6.78. The van der Waals surface area contributed by atoms with Gasteiger partial charge in [-0.1, -0.05) is 37.3 Å². The largest absolute Gasteiger partial charge is 0.353 e. The second kappa shape index (κ2) is 11.6. The molecule has 0 radical (unpaired) electrons. The second-order valence-electron chi connectivity index (χ2n) is 6.78. The van der Waals surface area contributed by atoms with Gasteiger partial charge in [-0.25, -0.2) is 4.98 Å². The van der Waals surface area contributed by atoms with E-state index in [1.54, 1.807) is 17.1 Å². The smallest absolute Gasteiger partial charge is 0.243 e. The standard InChI is InChI=1S/C23H30N4O2/c1-4-16-26(17-5-2)23(29)18-27-20-13-10-9-12-19(20)25-21(27)14-8-7-11-15-24-22(28)6-3/h4-6,9-10,12-13H,1-3,7-8,11,14-18H2,(H,24,28). The van der Waals surface area contributed by atoms with Crippen molar-refractivity contribution in [2.75, 3.05) is 19.6 Å². The lowest BCUT2D eigenvalue weighted by Crippen LogP contribution is -2.34. The van der Waals surface area contributed by atoms with E-state index in [0.717, 1.165) is 42.5 Å². The highest BCUT2D eigenvalue weighted by molar-refractivity contribution is 5.86. The molecule has 0 aliphatic carbocycles. The van der Waals surface area contributed by atoms with Crippen molar-refractivity contribution in [3.05, 3.63) is 68.1 Å². The Morgan fingerprint density at radius 1 is 1.07 bits per heavy atom. The van der Waals surface area contributed by atoms with E-state index < -0.39 is 0 Å². The molecule has 1 heterocycles. The Kier molecular flexibility index (Phi) is 8.89. The van der Waals surface area contributed by atoms with E-state index in [9.17, 15) is 9.59 Å². The maximum atomic E-state index is 12.8. The molecular weight excluding hydrogens is 364 g/mol. The Balaban J connectivity index is 2.05. The summed E-state index contributed by atoms with van der Waals surface area (Å²) in [6.07, 6.45) is 8.30. The molecule has 2 aromatic rings. The van der Waals surface area contributed by atoms with E-state index in [2.05, 4.69) is 25.1 Å². The van der Waals surface area contributed by atoms with Gasteiger partial charge in [0.2, 0.25) is 11.8 Å². The van der Waals surface area contributed by atoms with Gasteiger partial charge in [0, 0.05) is 26.1 Å². The average molecular weight is 395 g/mol. The summed E-state index contributed by atoms with van der Waals surface area (Å²) in [5.41, 5.74) is 1.86.